The van der Waals surface area contributed by atoms with Gasteiger partial charge in [-0.25, -0.2) is 13.1 Å². The predicted molar refractivity (Wildman–Crippen MR) is 78.9 cm³/mol. The molecule has 0 atom stereocenters. The van der Waals surface area contributed by atoms with Crippen molar-refractivity contribution in [3.8, 4) is 0 Å². The number of likely N-dealkylation sites (N-methyl/N-ethyl adjacent to an activating group) is 1. The van der Waals surface area contributed by atoms with Crippen LogP contribution in [0.4, 0.5) is 0 Å². The van der Waals surface area contributed by atoms with E-state index in [9.17, 15) is 8.42 Å². The van der Waals surface area contributed by atoms with Gasteiger partial charge < -0.3 is 15.0 Å². The molecule has 0 aliphatic carbocycles. The number of hydrogen-bond acceptors (Lipinski definition) is 5. The van der Waals surface area contributed by atoms with Crippen LogP contribution in [-0.2, 0) is 14.8 Å². The molecular weight excluding hydrogens is 266 g/mol. The van der Waals surface area contributed by atoms with Crippen molar-refractivity contribution < 1.29 is 13.2 Å². The Morgan fingerprint density at radius 2 is 1.89 bits per heavy atom. The molecule has 0 aromatic carbocycles. The summed E-state index contributed by atoms with van der Waals surface area (Å²) in [6.07, 6.45) is 1.72. The lowest BCUT2D eigenvalue weighted by molar-refractivity contribution is 0.162. The maximum absolute atomic E-state index is 11.7. The normalized spacial score (nSPS) is 12.2. The average molecular weight is 295 g/mol. The summed E-state index contributed by atoms with van der Waals surface area (Å²) in [5.74, 6) is 0.186. The number of sulfonamides is 1. The first kappa shape index (κ1) is 18.8. The first-order chi connectivity index (χ1) is 9.02. The molecule has 0 rings (SSSR count). The second kappa shape index (κ2) is 11.6. The summed E-state index contributed by atoms with van der Waals surface area (Å²) in [5, 5.41) is 3.19. The topological polar surface area (TPSA) is 70.7 Å². The summed E-state index contributed by atoms with van der Waals surface area (Å²) in [5.41, 5.74) is 0. The van der Waals surface area contributed by atoms with Crippen LogP contribution in [0.25, 0.3) is 0 Å². The van der Waals surface area contributed by atoms with Gasteiger partial charge in [-0.1, -0.05) is 6.92 Å². The zero-order valence-corrected chi connectivity index (χ0v) is 13.3. The van der Waals surface area contributed by atoms with Crippen LogP contribution in [0, 0.1) is 0 Å². The lowest BCUT2D eigenvalue weighted by atomic mass is 10.4. The molecule has 0 amide bonds. The van der Waals surface area contributed by atoms with E-state index in [0.717, 1.165) is 26.1 Å². The van der Waals surface area contributed by atoms with Crippen LogP contribution in [0.3, 0.4) is 0 Å². The quantitative estimate of drug-likeness (QED) is 0.463. The Balaban J connectivity index is 3.61. The second-order valence-corrected chi connectivity index (χ2v) is 6.54. The summed E-state index contributed by atoms with van der Waals surface area (Å²) >= 11 is 0. The fraction of sp³-hybridized carbons (Fsp3) is 1.00. The molecule has 116 valence electrons. The monoisotopic (exact) mass is 295 g/mol. The predicted octanol–water partition coefficient (Wildman–Crippen LogP) is -0.126. The van der Waals surface area contributed by atoms with Crippen molar-refractivity contribution in [1.82, 2.24) is 14.9 Å². The van der Waals surface area contributed by atoms with Crippen molar-refractivity contribution >= 4 is 10.0 Å². The Bertz CT molecular complexity index is 297. The average Bonchev–Trinajstić information content (AvgIpc) is 2.35. The minimum Gasteiger partial charge on any atom is -0.383 e. The Morgan fingerprint density at radius 1 is 1.16 bits per heavy atom. The summed E-state index contributed by atoms with van der Waals surface area (Å²) in [6.45, 7) is 6.39. The number of hydrogen-bond donors (Lipinski definition) is 2. The second-order valence-electron chi connectivity index (χ2n) is 4.61. The van der Waals surface area contributed by atoms with E-state index in [4.69, 9.17) is 4.74 Å². The van der Waals surface area contributed by atoms with Crippen LogP contribution in [-0.4, -0.2) is 72.6 Å². The molecule has 0 aliphatic rings. The van der Waals surface area contributed by atoms with E-state index in [-0.39, 0.29) is 5.75 Å². The molecule has 0 saturated heterocycles. The standard InChI is InChI=1S/C12H29N3O3S/c1-4-6-13-7-5-12-19(16,17)14-8-9-15(2)10-11-18-3/h13-14H,4-12H2,1-3H3. The van der Waals surface area contributed by atoms with Crippen LogP contribution in [0.15, 0.2) is 0 Å². The molecule has 0 aromatic rings. The third kappa shape index (κ3) is 12.6. The Morgan fingerprint density at radius 3 is 2.53 bits per heavy atom. The molecule has 19 heavy (non-hydrogen) atoms. The smallest absolute Gasteiger partial charge is 0.211 e. The molecule has 0 spiro atoms. The summed E-state index contributed by atoms with van der Waals surface area (Å²) < 4.78 is 30.9. The number of nitrogens with zero attached hydrogens (tertiary/aromatic N) is 1. The van der Waals surface area contributed by atoms with E-state index in [1.165, 1.54) is 0 Å². The summed E-state index contributed by atoms with van der Waals surface area (Å²) in [7, 11) is 0.469. The van der Waals surface area contributed by atoms with Crippen LogP contribution in [0.5, 0.6) is 0 Å². The number of methoxy groups -OCH3 is 1. The van der Waals surface area contributed by atoms with Crippen LogP contribution in [0.1, 0.15) is 19.8 Å². The fourth-order valence-corrected chi connectivity index (χ4v) is 2.58. The van der Waals surface area contributed by atoms with Gasteiger partial charge in [0.1, 0.15) is 0 Å². The minimum atomic E-state index is -3.13. The Labute approximate surface area is 117 Å². The van der Waals surface area contributed by atoms with Gasteiger partial charge in [0.25, 0.3) is 0 Å². The molecule has 0 aliphatic heterocycles. The van der Waals surface area contributed by atoms with E-state index in [2.05, 4.69) is 17.0 Å². The van der Waals surface area contributed by atoms with E-state index in [1.54, 1.807) is 7.11 Å². The van der Waals surface area contributed by atoms with Crippen molar-refractivity contribution in [3.05, 3.63) is 0 Å². The van der Waals surface area contributed by atoms with Gasteiger partial charge in [-0.3, -0.25) is 0 Å². The van der Waals surface area contributed by atoms with Gasteiger partial charge in [0.2, 0.25) is 10.0 Å². The molecule has 6 nitrogen and oxygen atoms in total. The van der Waals surface area contributed by atoms with Gasteiger partial charge in [0.05, 0.1) is 12.4 Å². The lowest BCUT2D eigenvalue weighted by Gasteiger charge is -2.16. The first-order valence-electron chi connectivity index (χ1n) is 6.87. The highest BCUT2D eigenvalue weighted by molar-refractivity contribution is 7.89. The van der Waals surface area contributed by atoms with Gasteiger partial charge in [-0.2, -0.15) is 0 Å². The highest BCUT2D eigenvalue weighted by Gasteiger charge is 2.09. The van der Waals surface area contributed by atoms with Gasteiger partial charge in [-0.05, 0) is 33.0 Å². The maximum Gasteiger partial charge on any atom is 0.211 e. The summed E-state index contributed by atoms with van der Waals surface area (Å²) in [6, 6.07) is 0. The molecule has 0 fully saturated rings. The molecule has 0 saturated carbocycles. The van der Waals surface area contributed by atoms with Crippen molar-refractivity contribution in [2.75, 3.05) is 59.2 Å². The van der Waals surface area contributed by atoms with Gasteiger partial charge in [0, 0.05) is 26.7 Å². The Hall–Kier alpha value is -0.210. The third-order valence-electron chi connectivity index (χ3n) is 2.69. The van der Waals surface area contributed by atoms with Crippen molar-refractivity contribution in [2.24, 2.45) is 0 Å². The van der Waals surface area contributed by atoms with Gasteiger partial charge >= 0.3 is 0 Å². The van der Waals surface area contributed by atoms with Crippen molar-refractivity contribution in [2.45, 2.75) is 19.8 Å². The Kier molecular flexibility index (Phi) is 11.5. The molecule has 0 unspecified atom stereocenters. The number of ether oxygens (including phenoxy) is 1. The molecule has 0 aromatic heterocycles. The van der Waals surface area contributed by atoms with Crippen LogP contribution >= 0.6 is 0 Å². The largest absolute Gasteiger partial charge is 0.383 e. The van der Waals surface area contributed by atoms with Crippen molar-refractivity contribution in [3.63, 3.8) is 0 Å². The number of nitrogens with one attached hydrogen (secondary N) is 2. The van der Waals surface area contributed by atoms with E-state index >= 15 is 0 Å². The zero-order valence-electron chi connectivity index (χ0n) is 12.4. The highest BCUT2D eigenvalue weighted by Crippen LogP contribution is 1.89. The molecular formula is C12H29N3O3S. The van der Waals surface area contributed by atoms with Crippen molar-refractivity contribution in [1.29, 1.82) is 0 Å². The fourth-order valence-electron chi connectivity index (χ4n) is 1.51. The van der Waals surface area contributed by atoms with Crippen LogP contribution < -0.4 is 10.0 Å². The molecule has 2 N–H and O–H groups in total. The minimum absolute atomic E-state index is 0.186. The van der Waals surface area contributed by atoms with E-state index in [0.29, 0.717) is 26.1 Å². The molecule has 0 bridgehead atoms. The van der Waals surface area contributed by atoms with E-state index < -0.39 is 10.0 Å². The number of rotatable bonds is 13. The highest BCUT2D eigenvalue weighted by atomic mass is 32.2. The molecule has 7 heteroatoms. The molecule has 0 radical (unpaired) electrons. The zero-order chi connectivity index (χ0) is 14.6. The van der Waals surface area contributed by atoms with E-state index in [1.807, 2.05) is 11.9 Å². The maximum atomic E-state index is 11.7. The van der Waals surface area contributed by atoms with Gasteiger partial charge in [0.15, 0.2) is 0 Å². The van der Waals surface area contributed by atoms with Crippen LogP contribution in [0.2, 0.25) is 0 Å². The third-order valence-corrected chi connectivity index (χ3v) is 4.16. The van der Waals surface area contributed by atoms with Gasteiger partial charge in [-0.15, -0.1) is 0 Å². The molecule has 0 heterocycles. The lowest BCUT2D eigenvalue weighted by Crippen LogP contribution is -2.35. The first-order valence-corrected chi connectivity index (χ1v) is 8.52. The summed E-state index contributed by atoms with van der Waals surface area (Å²) in [4.78, 5) is 2.04. The SMILES string of the molecule is CCCNCCCS(=O)(=O)NCCN(C)CCOC.